The smallest absolute Gasteiger partial charge is 0.140 e. The summed E-state index contributed by atoms with van der Waals surface area (Å²) < 4.78 is 11.5. The molecule has 33 heavy (non-hydrogen) atoms. The molecular weight excluding hydrogens is 410 g/mol. The van der Waals surface area contributed by atoms with Crippen molar-refractivity contribution in [2.75, 3.05) is 25.2 Å². The second kappa shape index (κ2) is 8.58. The van der Waals surface area contributed by atoms with Crippen molar-refractivity contribution >= 4 is 22.3 Å². The summed E-state index contributed by atoms with van der Waals surface area (Å²) in [6.07, 6.45) is 0. The van der Waals surface area contributed by atoms with Gasteiger partial charge >= 0.3 is 0 Å². The fourth-order valence-electron chi connectivity index (χ4n) is 4.29. The maximum absolute atomic E-state index is 6.11. The quantitative estimate of drug-likeness (QED) is 0.389. The van der Waals surface area contributed by atoms with Crippen LogP contribution in [-0.2, 0) is 6.54 Å². The van der Waals surface area contributed by atoms with Crippen molar-refractivity contribution in [3.8, 4) is 22.6 Å². The molecule has 0 bridgehead atoms. The van der Waals surface area contributed by atoms with E-state index in [4.69, 9.17) is 14.5 Å². The lowest BCUT2D eigenvalue weighted by molar-refractivity contribution is 0.331. The number of methoxy groups -OCH3 is 1. The van der Waals surface area contributed by atoms with Crippen molar-refractivity contribution in [2.24, 2.45) is 0 Å². The summed E-state index contributed by atoms with van der Waals surface area (Å²) in [5.74, 6) is 3.37. The first-order valence-corrected chi connectivity index (χ1v) is 11.1. The SMILES string of the molecule is C=C(C)c1cccc(-c2ccc3c(c2)CN(c2nc(C)nc4cc(OC)ccc24)CCO3)c1. The second-order valence-electron chi connectivity index (χ2n) is 8.43. The number of ether oxygens (including phenoxy) is 2. The molecule has 4 aromatic rings. The van der Waals surface area contributed by atoms with E-state index in [1.165, 1.54) is 5.56 Å². The van der Waals surface area contributed by atoms with Gasteiger partial charge in [-0.05, 0) is 60.9 Å². The topological polar surface area (TPSA) is 47.5 Å². The van der Waals surface area contributed by atoms with Gasteiger partial charge in [0.25, 0.3) is 0 Å². The van der Waals surface area contributed by atoms with Crippen molar-refractivity contribution in [2.45, 2.75) is 20.4 Å². The number of anilines is 1. The van der Waals surface area contributed by atoms with Gasteiger partial charge < -0.3 is 14.4 Å². The molecule has 0 aliphatic carbocycles. The second-order valence-corrected chi connectivity index (χ2v) is 8.43. The van der Waals surface area contributed by atoms with Gasteiger partial charge in [-0.15, -0.1) is 0 Å². The van der Waals surface area contributed by atoms with Crippen LogP contribution in [0, 0.1) is 6.92 Å². The summed E-state index contributed by atoms with van der Waals surface area (Å²) in [5.41, 5.74) is 6.57. The van der Waals surface area contributed by atoms with E-state index < -0.39 is 0 Å². The molecule has 0 radical (unpaired) electrons. The Morgan fingerprint density at radius 1 is 1.03 bits per heavy atom. The lowest BCUT2D eigenvalue weighted by Crippen LogP contribution is -2.26. The van der Waals surface area contributed by atoms with Gasteiger partial charge in [0.15, 0.2) is 0 Å². The zero-order valence-electron chi connectivity index (χ0n) is 19.3. The molecule has 5 rings (SSSR count). The number of allylic oxidation sites excluding steroid dienone is 1. The number of fused-ring (bicyclic) bond motifs is 2. The number of hydrogen-bond donors (Lipinski definition) is 0. The van der Waals surface area contributed by atoms with Gasteiger partial charge in [-0.1, -0.05) is 36.4 Å². The summed E-state index contributed by atoms with van der Waals surface area (Å²) >= 11 is 0. The number of rotatable bonds is 4. The molecule has 1 aliphatic heterocycles. The molecule has 5 heteroatoms. The molecule has 0 atom stereocenters. The van der Waals surface area contributed by atoms with Crippen LogP contribution in [0.2, 0.25) is 0 Å². The van der Waals surface area contributed by atoms with Crippen molar-refractivity contribution in [3.63, 3.8) is 0 Å². The highest BCUT2D eigenvalue weighted by atomic mass is 16.5. The molecule has 166 valence electrons. The van der Waals surface area contributed by atoms with Gasteiger partial charge in [0.1, 0.15) is 29.7 Å². The fourth-order valence-corrected chi connectivity index (χ4v) is 4.29. The highest BCUT2D eigenvalue weighted by molar-refractivity contribution is 5.90. The molecule has 1 aliphatic rings. The van der Waals surface area contributed by atoms with E-state index >= 15 is 0 Å². The first-order valence-electron chi connectivity index (χ1n) is 11.1. The van der Waals surface area contributed by atoms with Crippen molar-refractivity contribution in [3.05, 3.63) is 84.2 Å². The Hall–Kier alpha value is -3.86. The average Bonchev–Trinajstić information content (AvgIpc) is 3.05. The molecule has 0 saturated carbocycles. The summed E-state index contributed by atoms with van der Waals surface area (Å²) in [6.45, 7) is 10.1. The predicted octanol–water partition coefficient (Wildman–Crippen LogP) is 6.05. The number of aromatic nitrogens is 2. The van der Waals surface area contributed by atoms with Crippen molar-refractivity contribution in [1.29, 1.82) is 0 Å². The standard InChI is InChI=1S/C28H27N3O2/c1-18(2)20-6-5-7-21(14-20)22-8-11-27-23(15-22)17-31(12-13-33-27)28-25-10-9-24(32-4)16-26(25)29-19(3)30-28/h5-11,14-16H,1,12-13,17H2,2-4H3. The van der Waals surface area contributed by atoms with E-state index in [-0.39, 0.29) is 0 Å². The lowest BCUT2D eigenvalue weighted by atomic mass is 9.98. The summed E-state index contributed by atoms with van der Waals surface area (Å²) in [4.78, 5) is 11.7. The first kappa shape index (κ1) is 21.0. The Balaban J connectivity index is 1.54. The third-order valence-corrected chi connectivity index (χ3v) is 6.02. The Bertz CT molecular complexity index is 1360. The van der Waals surface area contributed by atoms with E-state index in [9.17, 15) is 0 Å². The van der Waals surface area contributed by atoms with Crippen LogP contribution < -0.4 is 14.4 Å². The molecule has 5 nitrogen and oxygen atoms in total. The molecule has 0 fully saturated rings. The lowest BCUT2D eigenvalue weighted by Gasteiger charge is -2.23. The van der Waals surface area contributed by atoms with Crippen molar-refractivity contribution in [1.82, 2.24) is 9.97 Å². The van der Waals surface area contributed by atoms with Gasteiger partial charge in [-0.25, -0.2) is 9.97 Å². The molecule has 1 aromatic heterocycles. The van der Waals surface area contributed by atoms with E-state index in [1.54, 1.807) is 7.11 Å². The van der Waals surface area contributed by atoms with Crippen molar-refractivity contribution < 1.29 is 9.47 Å². The molecule has 3 aromatic carbocycles. The largest absolute Gasteiger partial charge is 0.497 e. The maximum Gasteiger partial charge on any atom is 0.140 e. The van der Waals surface area contributed by atoms with E-state index in [1.807, 2.05) is 32.0 Å². The number of nitrogens with zero attached hydrogens (tertiary/aromatic N) is 3. The van der Waals surface area contributed by atoms with Crippen LogP contribution >= 0.6 is 0 Å². The maximum atomic E-state index is 6.11. The molecule has 0 amide bonds. The fraction of sp³-hybridized carbons (Fsp3) is 0.214. The zero-order valence-corrected chi connectivity index (χ0v) is 19.3. The third-order valence-electron chi connectivity index (χ3n) is 6.02. The minimum atomic E-state index is 0.595. The zero-order chi connectivity index (χ0) is 22.9. The van der Waals surface area contributed by atoms with Crippen LogP contribution in [0.3, 0.4) is 0 Å². The summed E-state index contributed by atoms with van der Waals surface area (Å²) in [6, 6.07) is 20.9. The molecule has 0 N–H and O–H groups in total. The van der Waals surface area contributed by atoms with Crippen LogP contribution in [0.1, 0.15) is 23.9 Å². The van der Waals surface area contributed by atoms with Crippen LogP contribution in [0.25, 0.3) is 27.6 Å². The number of hydrogen-bond acceptors (Lipinski definition) is 5. The monoisotopic (exact) mass is 437 g/mol. The average molecular weight is 438 g/mol. The molecule has 2 heterocycles. The number of aryl methyl sites for hydroxylation is 1. The van der Waals surface area contributed by atoms with Crippen LogP contribution in [-0.4, -0.2) is 30.2 Å². The van der Waals surface area contributed by atoms with Gasteiger partial charge in [0, 0.05) is 23.6 Å². The third kappa shape index (κ3) is 4.14. The Morgan fingerprint density at radius 3 is 2.70 bits per heavy atom. The predicted molar refractivity (Wildman–Crippen MR) is 134 cm³/mol. The Morgan fingerprint density at radius 2 is 1.88 bits per heavy atom. The highest BCUT2D eigenvalue weighted by Crippen LogP contribution is 2.34. The van der Waals surface area contributed by atoms with Crippen LogP contribution in [0.4, 0.5) is 5.82 Å². The number of benzene rings is 3. The minimum Gasteiger partial charge on any atom is -0.497 e. The van der Waals surface area contributed by atoms with Gasteiger partial charge in [-0.3, -0.25) is 0 Å². The Labute approximate surface area is 194 Å². The van der Waals surface area contributed by atoms with Gasteiger partial charge in [-0.2, -0.15) is 0 Å². The van der Waals surface area contributed by atoms with Gasteiger partial charge in [0.05, 0.1) is 19.2 Å². The van der Waals surface area contributed by atoms with E-state index in [2.05, 4.69) is 58.9 Å². The van der Waals surface area contributed by atoms with Crippen LogP contribution in [0.15, 0.2) is 67.2 Å². The molecular formula is C28H27N3O2. The summed E-state index contributed by atoms with van der Waals surface area (Å²) in [7, 11) is 1.67. The summed E-state index contributed by atoms with van der Waals surface area (Å²) in [5, 5.41) is 1.01. The first-order chi connectivity index (χ1) is 16.0. The molecule has 0 saturated heterocycles. The van der Waals surface area contributed by atoms with Crippen LogP contribution in [0.5, 0.6) is 11.5 Å². The van der Waals surface area contributed by atoms with E-state index in [0.717, 1.165) is 62.9 Å². The highest BCUT2D eigenvalue weighted by Gasteiger charge is 2.20. The van der Waals surface area contributed by atoms with E-state index in [0.29, 0.717) is 13.2 Å². The molecule has 0 unspecified atom stereocenters. The Kier molecular flexibility index (Phi) is 5.47. The minimum absolute atomic E-state index is 0.595. The normalized spacial score (nSPS) is 13.2. The van der Waals surface area contributed by atoms with Gasteiger partial charge in [0.2, 0.25) is 0 Å². The molecule has 0 spiro atoms.